The number of aromatic hydroxyl groups is 1. The van der Waals surface area contributed by atoms with Gasteiger partial charge in [-0.25, -0.2) is 4.79 Å². The zero-order valence-corrected chi connectivity index (χ0v) is 23.4. The van der Waals surface area contributed by atoms with Crippen molar-refractivity contribution in [2.45, 2.75) is 63.7 Å². The number of benzene rings is 1. The van der Waals surface area contributed by atoms with Crippen molar-refractivity contribution in [3.05, 3.63) is 29.8 Å². The van der Waals surface area contributed by atoms with E-state index in [1.807, 2.05) is 6.26 Å². The maximum absolute atomic E-state index is 13.2. The topological polar surface area (TPSA) is 235 Å². The molecule has 0 heterocycles. The monoisotopic (exact) mass is 567 g/mol. The number of hydrogen-bond donors (Lipinski definition) is 8. The van der Waals surface area contributed by atoms with Crippen LogP contribution in [-0.4, -0.2) is 82.6 Å². The van der Waals surface area contributed by atoms with Gasteiger partial charge in [0.15, 0.2) is 5.96 Å². The molecular formula is C25H41N7O6S. The third-order valence-electron chi connectivity index (χ3n) is 5.78. The number of amides is 3. The number of carboxylic acid groups (broad SMARTS) is 1. The molecule has 0 aliphatic rings. The molecule has 1 aromatic rings. The smallest absolute Gasteiger partial charge is 0.326 e. The van der Waals surface area contributed by atoms with Crippen LogP contribution in [0.3, 0.4) is 0 Å². The minimum Gasteiger partial charge on any atom is -0.508 e. The highest BCUT2D eigenvalue weighted by molar-refractivity contribution is 7.98. The predicted octanol–water partition coefficient (Wildman–Crippen LogP) is -0.736. The van der Waals surface area contributed by atoms with E-state index in [9.17, 15) is 29.4 Å². The lowest BCUT2D eigenvalue weighted by atomic mass is 10.0. The van der Waals surface area contributed by atoms with Gasteiger partial charge in [0, 0.05) is 6.54 Å². The second-order valence-electron chi connectivity index (χ2n) is 9.40. The number of aliphatic carboxylic acids is 1. The molecule has 0 saturated carbocycles. The fourth-order valence-electron chi connectivity index (χ4n) is 3.57. The molecule has 218 valence electrons. The molecule has 0 spiro atoms. The highest BCUT2D eigenvalue weighted by atomic mass is 32.2. The van der Waals surface area contributed by atoms with Crippen LogP contribution < -0.4 is 33.2 Å². The maximum atomic E-state index is 13.2. The average molecular weight is 568 g/mol. The summed E-state index contributed by atoms with van der Waals surface area (Å²) >= 11 is 1.44. The Morgan fingerprint density at radius 2 is 1.56 bits per heavy atom. The first-order chi connectivity index (χ1) is 18.3. The number of nitrogens with one attached hydrogen (secondary N) is 3. The molecule has 39 heavy (non-hydrogen) atoms. The van der Waals surface area contributed by atoms with Crippen LogP contribution in [-0.2, 0) is 25.6 Å². The summed E-state index contributed by atoms with van der Waals surface area (Å²) in [5.74, 6) is -2.89. The van der Waals surface area contributed by atoms with Crippen LogP contribution >= 0.6 is 11.8 Å². The number of rotatable bonds is 17. The van der Waals surface area contributed by atoms with Crippen molar-refractivity contribution in [1.82, 2.24) is 16.0 Å². The summed E-state index contributed by atoms with van der Waals surface area (Å²) in [6.07, 6.45) is 2.67. The van der Waals surface area contributed by atoms with Gasteiger partial charge in [-0.15, -0.1) is 0 Å². The van der Waals surface area contributed by atoms with Crippen molar-refractivity contribution in [3.8, 4) is 5.75 Å². The van der Waals surface area contributed by atoms with E-state index in [0.717, 1.165) is 5.56 Å². The Labute approximate surface area is 232 Å². The lowest BCUT2D eigenvalue weighted by Crippen LogP contribution is -2.58. The molecular weight excluding hydrogens is 526 g/mol. The molecule has 0 radical (unpaired) electrons. The number of carboxylic acids is 1. The molecule has 0 bridgehead atoms. The third kappa shape index (κ3) is 12.7. The molecule has 0 aromatic heterocycles. The first-order valence-corrected chi connectivity index (χ1v) is 14.0. The van der Waals surface area contributed by atoms with Crippen molar-refractivity contribution in [1.29, 1.82) is 0 Å². The molecule has 3 amide bonds. The minimum atomic E-state index is -1.18. The predicted molar refractivity (Wildman–Crippen MR) is 151 cm³/mol. The normalized spacial score (nSPS) is 14.0. The Balaban J connectivity index is 2.97. The highest BCUT2D eigenvalue weighted by Gasteiger charge is 2.31. The van der Waals surface area contributed by atoms with Crippen LogP contribution in [0.1, 0.15) is 38.7 Å². The minimum absolute atomic E-state index is 0.0872. The number of carbonyl (C=O) groups is 4. The van der Waals surface area contributed by atoms with Crippen LogP contribution in [0.4, 0.5) is 0 Å². The van der Waals surface area contributed by atoms with Crippen LogP contribution in [0.5, 0.6) is 5.75 Å². The highest BCUT2D eigenvalue weighted by Crippen LogP contribution is 2.12. The van der Waals surface area contributed by atoms with E-state index in [4.69, 9.17) is 17.2 Å². The van der Waals surface area contributed by atoms with Crippen molar-refractivity contribution < 1.29 is 29.4 Å². The molecule has 1 aromatic carbocycles. The summed E-state index contributed by atoms with van der Waals surface area (Å²) in [7, 11) is 0. The Bertz CT molecular complexity index is 986. The summed E-state index contributed by atoms with van der Waals surface area (Å²) < 4.78 is 0. The van der Waals surface area contributed by atoms with Gasteiger partial charge in [-0.05, 0) is 61.3 Å². The van der Waals surface area contributed by atoms with Crippen molar-refractivity contribution in [2.24, 2.45) is 28.1 Å². The number of phenols is 1. The zero-order valence-electron chi connectivity index (χ0n) is 22.6. The van der Waals surface area contributed by atoms with Crippen LogP contribution in [0, 0.1) is 5.92 Å². The number of hydrogen-bond acceptors (Lipinski definition) is 8. The van der Waals surface area contributed by atoms with E-state index >= 15 is 0 Å². The SMILES string of the molecule is CSCCC(NC(=O)C(CCCN=C(N)N)NC(=O)C(NC(=O)C(N)Cc1ccc(O)cc1)C(C)C)C(=O)O. The van der Waals surface area contributed by atoms with Crippen LogP contribution in [0.2, 0.25) is 0 Å². The van der Waals surface area contributed by atoms with Gasteiger partial charge >= 0.3 is 5.97 Å². The molecule has 0 aliphatic carbocycles. The van der Waals surface area contributed by atoms with Gasteiger partial charge in [-0.2, -0.15) is 11.8 Å². The first-order valence-electron chi connectivity index (χ1n) is 12.6. The summed E-state index contributed by atoms with van der Waals surface area (Å²) in [6.45, 7) is 3.66. The van der Waals surface area contributed by atoms with Gasteiger partial charge in [-0.3, -0.25) is 19.4 Å². The zero-order chi connectivity index (χ0) is 29.5. The number of thioether (sulfide) groups is 1. The number of nitrogens with two attached hydrogens (primary N) is 3. The Hall–Kier alpha value is -3.52. The van der Waals surface area contributed by atoms with E-state index in [-0.39, 0.29) is 43.4 Å². The van der Waals surface area contributed by atoms with E-state index in [1.54, 1.807) is 26.0 Å². The molecule has 4 atom stereocenters. The number of guanidine groups is 1. The molecule has 1 rings (SSSR count). The largest absolute Gasteiger partial charge is 0.508 e. The van der Waals surface area contributed by atoms with E-state index in [2.05, 4.69) is 20.9 Å². The molecule has 0 aliphatic heterocycles. The lowest BCUT2D eigenvalue weighted by molar-refractivity contribution is -0.142. The number of nitrogens with zero attached hydrogens (tertiary/aromatic N) is 1. The summed E-state index contributed by atoms with van der Waals surface area (Å²) in [5, 5.41) is 26.7. The fraction of sp³-hybridized carbons (Fsp3) is 0.560. The van der Waals surface area contributed by atoms with Gasteiger partial charge in [-0.1, -0.05) is 26.0 Å². The second-order valence-corrected chi connectivity index (χ2v) is 10.4. The average Bonchev–Trinajstić information content (AvgIpc) is 2.87. The molecule has 11 N–H and O–H groups in total. The van der Waals surface area contributed by atoms with Gasteiger partial charge < -0.3 is 43.4 Å². The van der Waals surface area contributed by atoms with Crippen molar-refractivity contribution >= 4 is 41.4 Å². The first kappa shape index (κ1) is 33.5. The van der Waals surface area contributed by atoms with Gasteiger partial charge in [0.2, 0.25) is 17.7 Å². The Morgan fingerprint density at radius 1 is 0.949 bits per heavy atom. The van der Waals surface area contributed by atoms with Crippen LogP contribution in [0.15, 0.2) is 29.3 Å². The summed E-state index contributed by atoms with van der Waals surface area (Å²) in [4.78, 5) is 54.5. The Kier molecular flexibility index (Phi) is 14.7. The lowest BCUT2D eigenvalue weighted by Gasteiger charge is -2.27. The van der Waals surface area contributed by atoms with Gasteiger partial charge in [0.25, 0.3) is 0 Å². The maximum Gasteiger partial charge on any atom is 0.326 e. The van der Waals surface area contributed by atoms with Crippen molar-refractivity contribution in [3.63, 3.8) is 0 Å². The second kappa shape index (κ2) is 17.1. The van der Waals surface area contributed by atoms with Gasteiger partial charge in [0.1, 0.15) is 23.9 Å². The van der Waals surface area contributed by atoms with Crippen LogP contribution in [0.25, 0.3) is 0 Å². The molecule has 0 saturated heterocycles. The van der Waals surface area contributed by atoms with E-state index in [1.165, 1.54) is 23.9 Å². The van der Waals surface area contributed by atoms with E-state index < -0.39 is 47.9 Å². The molecule has 4 unspecified atom stereocenters. The Morgan fingerprint density at radius 3 is 2.10 bits per heavy atom. The molecule has 13 nitrogen and oxygen atoms in total. The summed E-state index contributed by atoms with van der Waals surface area (Å²) in [6, 6.07) is 2.07. The fourth-order valence-corrected chi connectivity index (χ4v) is 4.04. The number of aliphatic imine (C=N–C) groups is 1. The third-order valence-corrected chi connectivity index (χ3v) is 6.42. The quantitative estimate of drug-likeness (QED) is 0.0667. The van der Waals surface area contributed by atoms with E-state index in [0.29, 0.717) is 12.2 Å². The molecule has 14 heteroatoms. The number of carbonyl (C=O) groups excluding carboxylic acids is 3. The number of phenolic OH excluding ortho intramolecular Hbond substituents is 1. The summed E-state index contributed by atoms with van der Waals surface area (Å²) in [5.41, 5.74) is 17.5. The van der Waals surface area contributed by atoms with Crippen molar-refractivity contribution in [2.75, 3.05) is 18.6 Å². The standard InChI is InChI=1S/C25H41N7O6S/c1-14(2)20(32-21(34)17(26)13-15-6-8-16(33)9-7-15)23(36)30-18(5-4-11-29-25(27)28)22(35)31-19(24(37)38)10-12-39-3/h6-9,14,17-20,33H,4-5,10-13,26H2,1-3H3,(H,30,36)(H,31,35)(H,32,34)(H,37,38)(H4,27,28,29). The van der Waals surface area contributed by atoms with Gasteiger partial charge in [0.05, 0.1) is 6.04 Å². The molecule has 0 fully saturated rings.